The molecule has 18 heavy (non-hydrogen) atoms. The summed E-state index contributed by atoms with van der Waals surface area (Å²) in [6.07, 6.45) is 0. The van der Waals surface area contributed by atoms with Crippen LogP contribution in [-0.4, -0.2) is 7.05 Å². The van der Waals surface area contributed by atoms with Crippen LogP contribution in [0.2, 0.25) is 0 Å². The summed E-state index contributed by atoms with van der Waals surface area (Å²) in [4.78, 5) is 0. The highest BCUT2D eigenvalue weighted by Gasteiger charge is 2.06. The molecule has 3 heteroatoms. The van der Waals surface area contributed by atoms with Crippen LogP contribution in [0.3, 0.4) is 0 Å². The van der Waals surface area contributed by atoms with Gasteiger partial charge in [-0.2, -0.15) is 0 Å². The smallest absolute Gasteiger partial charge is 0.132 e. The fourth-order valence-corrected chi connectivity index (χ4v) is 1.78. The molecule has 0 amide bonds. The van der Waals surface area contributed by atoms with Crippen molar-refractivity contribution in [3.8, 4) is 11.5 Å². The van der Waals surface area contributed by atoms with E-state index in [4.69, 9.17) is 4.74 Å². The predicted octanol–water partition coefficient (Wildman–Crippen LogP) is 3.65. The number of rotatable bonds is 4. The molecule has 2 aromatic rings. The van der Waals surface area contributed by atoms with E-state index in [1.54, 1.807) is 6.07 Å². The Balaban J connectivity index is 2.28. The summed E-state index contributed by atoms with van der Waals surface area (Å²) in [5, 5.41) is 3.00. The van der Waals surface area contributed by atoms with E-state index in [2.05, 4.69) is 5.32 Å². The van der Waals surface area contributed by atoms with Gasteiger partial charge in [0.1, 0.15) is 17.3 Å². The lowest BCUT2D eigenvalue weighted by atomic mass is 10.2. The Labute approximate surface area is 106 Å². The first-order chi connectivity index (χ1) is 8.69. The molecule has 0 spiro atoms. The van der Waals surface area contributed by atoms with Crippen LogP contribution in [0.15, 0.2) is 42.5 Å². The molecule has 2 nitrogen and oxygen atoms in total. The summed E-state index contributed by atoms with van der Waals surface area (Å²) in [6, 6.07) is 12.3. The minimum Gasteiger partial charge on any atom is -0.457 e. The van der Waals surface area contributed by atoms with Crippen LogP contribution in [-0.2, 0) is 6.54 Å². The van der Waals surface area contributed by atoms with Gasteiger partial charge in [0.15, 0.2) is 0 Å². The molecular formula is C15H16FNO. The average Bonchev–Trinajstić information content (AvgIpc) is 2.33. The van der Waals surface area contributed by atoms with E-state index in [9.17, 15) is 4.39 Å². The third kappa shape index (κ3) is 3.08. The molecule has 0 saturated heterocycles. The van der Waals surface area contributed by atoms with Crippen molar-refractivity contribution in [1.82, 2.24) is 5.32 Å². The molecule has 0 atom stereocenters. The molecule has 0 unspecified atom stereocenters. The quantitative estimate of drug-likeness (QED) is 0.887. The van der Waals surface area contributed by atoms with E-state index in [1.165, 1.54) is 12.1 Å². The van der Waals surface area contributed by atoms with Crippen LogP contribution in [0.25, 0.3) is 0 Å². The predicted molar refractivity (Wildman–Crippen MR) is 70.4 cm³/mol. The van der Waals surface area contributed by atoms with Gasteiger partial charge in [0.25, 0.3) is 0 Å². The second-order valence-corrected chi connectivity index (χ2v) is 4.20. The molecule has 0 radical (unpaired) electrons. The number of nitrogens with one attached hydrogen (secondary N) is 1. The largest absolute Gasteiger partial charge is 0.457 e. The Kier molecular flexibility index (Phi) is 3.95. The van der Waals surface area contributed by atoms with Gasteiger partial charge < -0.3 is 10.1 Å². The maximum atomic E-state index is 13.2. The lowest BCUT2D eigenvalue weighted by Crippen LogP contribution is -2.06. The number of aryl methyl sites for hydroxylation is 1. The fourth-order valence-electron chi connectivity index (χ4n) is 1.78. The first-order valence-electron chi connectivity index (χ1n) is 5.86. The molecule has 2 aromatic carbocycles. The highest BCUT2D eigenvalue weighted by atomic mass is 19.1. The number of benzene rings is 2. The van der Waals surface area contributed by atoms with Gasteiger partial charge in [-0.1, -0.05) is 12.1 Å². The Hall–Kier alpha value is -1.87. The average molecular weight is 245 g/mol. The van der Waals surface area contributed by atoms with E-state index in [1.807, 2.05) is 38.2 Å². The van der Waals surface area contributed by atoms with Crippen LogP contribution in [0.1, 0.15) is 11.1 Å². The molecule has 0 aliphatic carbocycles. The van der Waals surface area contributed by atoms with Crippen LogP contribution < -0.4 is 10.1 Å². The van der Waals surface area contributed by atoms with E-state index in [0.717, 1.165) is 16.9 Å². The van der Waals surface area contributed by atoms with Gasteiger partial charge in [-0.15, -0.1) is 0 Å². The number of halogens is 1. The second-order valence-electron chi connectivity index (χ2n) is 4.20. The van der Waals surface area contributed by atoms with Gasteiger partial charge in [-0.05, 0) is 49.9 Å². The molecule has 0 bridgehead atoms. The highest BCUT2D eigenvalue weighted by Crippen LogP contribution is 2.26. The summed E-state index contributed by atoms with van der Waals surface area (Å²) in [5.74, 6) is 1.19. The molecule has 0 aliphatic heterocycles. The van der Waals surface area contributed by atoms with Crippen LogP contribution in [0, 0.1) is 12.7 Å². The fraction of sp³-hybridized carbons (Fsp3) is 0.200. The van der Waals surface area contributed by atoms with E-state index < -0.39 is 0 Å². The Morgan fingerprint density at radius 3 is 2.72 bits per heavy atom. The highest BCUT2D eigenvalue weighted by molar-refractivity contribution is 5.39. The van der Waals surface area contributed by atoms with Crippen LogP contribution in [0.5, 0.6) is 11.5 Å². The van der Waals surface area contributed by atoms with Crippen molar-refractivity contribution in [3.05, 3.63) is 59.4 Å². The van der Waals surface area contributed by atoms with Crippen molar-refractivity contribution in [2.45, 2.75) is 13.5 Å². The molecule has 0 aromatic heterocycles. The maximum absolute atomic E-state index is 13.2. The lowest BCUT2D eigenvalue weighted by Gasteiger charge is -2.11. The van der Waals surface area contributed by atoms with Gasteiger partial charge in [0.2, 0.25) is 0 Å². The maximum Gasteiger partial charge on any atom is 0.132 e. The molecular weight excluding hydrogens is 229 g/mol. The normalized spacial score (nSPS) is 10.4. The van der Waals surface area contributed by atoms with E-state index >= 15 is 0 Å². The first-order valence-corrected chi connectivity index (χ1v) is 5.86. The third-order valence-corrected chi connectivity index (χ3v) is 2.61. The summed E-state index contributed by atoms with van der Waals surface area (Å²) in [7, 11) is 1.82. The number of hydrogen-bond acceptors (Lipinski definition) is 2. The summed E-state index contributed by atoms with van der Waals surface area (Å²) in [5.41, 5.74) is 1.93. The van der Waals surface area contributed by atoms with Crippen molar-refractivity contribution in [2.75, 3.05) is 7.05 Å². The summed E-state index contributed by atoms with van der Waals surface area (Å²) >= 11 is 0. The summed E-state index contributed by atoms with van der Waals surface area (Å²) < 4.78 is 19.0. The SMILES string of the molecule is CNCc1cc(F)ccc1Oc1cccc(C)c1. The first kappa shape index (κ1) is 12.6. The van der Waals surface area contributed by atoms with E-state index in [0.29, 0.717) is 12.3 Å². The zero-order valence-corrected chi connectivity index (χ0v) is 10.5. The minimum absolute atomic E-state index is 0.253. The summed E-state index contributed by atoms with van der Waals surface area (Å²) in [6.45, 7) is 2.57. The molecule has 0 aliphatic rings. The van der Waals surface area contributed by atoms with E-state index in [-0.39, 0.29) is 5.82 Å². The standard InChI is InChI=1S/C15H16FNO/c1-11-4-3-5-14(8-11)18-15-7-6-13(16)9-12(15)10-17-2/h3-9,17H,10H2,1-2H3. The molecule has 0 heterocycles. The van der Waals surface area contributed by atoms with Crippen molar-refractivity contribution in [1.29, 1.82) is 0 Å². The Bertz CT molecular complexity index is 540. The van der Waals surface area contributed by atoms with Crippen molar-refractivity contribution < 1.29 is 9.13 Å². The van der Waals surface area contributed by atoms with Crippen molar-refractivity contribution >= 4 is 0 Å². The topological polar surface area (TPSA) is 21.3 Å². The van der Waals surface area contributed by atoms with Gasteiger partial charge in [-0.3, -0.25) is 0 Å². The van der Waals surface area contributed by atoms with Gasteiger partial charge in [0, 0.05) is 12.1 Å². The number of hydrogen-bond donors (Lipinski definition) is 1. The Morgan fingerprint density at radius 1 is 1.17 bits per heavy atom. The van der Waals surface area contributed by atoms with Crippen molar-refractivity contribution in [2.24, 2.45) is 0 Å². The molecule has 0 fully saturated rings. The second kappa shape index (κ2) is 5.65. The third-order valence-electron chi connectivity index (χ3n) is 2.61. The van der Waals surface area contributed by atoms with Crippen LogP contribution >= 0.6 is 0 Å². The van der Waals surface area contributed by atoms with Gasteiger partial charge in [-0.25, -0.2) is 4.39 Å². The molecule has 2 rings (SSSR count). The monoisotopic (exact) mass is 245 g/mol. The molecule has 1 N–H and O–H groups in total. The van der Waals surface area contributed by atoms with Crippen molar-refractivity contribution in [3.63, 3.8) is 0 Å². The molecule has 94 valence electrons. The van der Waals surface area contributed by atoms with Gasteiger partial charge >= 0.3 is 0 Å². The van der Waals surface area contributed by atoms with Crippen LogP contribution in [0.4, 0.5) is 4.39 Å². The molecule has 0 saturated carbocycles. The zero-order valence-electron chi connectivity index (χ0n) is 10.5. The lowest BCUT2D eigenvalue weighted by molar-refractivity contribution is 0.471. The zero-order chi connectivity index (χ0) is 13.0. The minimum atomic E-state index is -0.253. The Morgan fingerprint density at radius 2 is 2.00 bits per heavy atom. The number of ether oxygens (including phenoxy) is 1. The van der Waals surface area contributed by atoms with Gasteiger partial charge in [0.05, 0.1) is 0 Å².